The molecule has 0 bridgehead atoms. The predicted octanol–water partition coefficient (Wildman–Crippen LogP) is 0.321. The fourth-order valence-corrected chi connectivity index (χ4v) is 3.44. The van der Waals surface area contributed by atoms with Crippen molar-refractivity contribution in [3.8, 4) is 0 Å². The molecule has 1 unspecified atom stereocenters. The average molecular weight is 236 g/mol. The molecule has 0 aromatic carbocycles. The third kappa shape index (κ3) is 5.05. The first-order valence-electron chi connectivity index (χ1n) is 5.09. The quantitative estimate of drug-likeness (QED) is 0.593. The predicted molar refractivity (Wildman–Crippen MR) is 62.5 cm³/mol. The van der Waals surface area contributed by atoms with Crippen LogP contribution in [0.25, 0.3) is 0 Å². The van der Waals surface area contributed by atoms with Crippen molar-refractivity contribution < 1.29 is 13.3 Å². The second kappa shape index (κ2) is 6.57. The van der Waals surface area contributed by atoms with Crippen LogP contribution in [0.1, 0.15) is 19.8 Å². The van der Waals surface area contributed by atoms with Gasteiger partial charge in [-0.25, -0.2) is 0 Å². The summed E-state index contributed by atoms with van der Waals surface area (Å²) in [6.07, 6.45) is 1.57. The van der Waals surface area contributed by atoms with E-state index in [9.17, 15) is 0 Å². The van der Waals surface area contributed by atoms with Gasteiger partial charge >= 0.3 is 8.80 Å². The summed E-state index contributed by atoms with van der Waals surface area (Å²) in [7, 11) is 2.34. The molecule has 0 fully saturated rings. The minimum atomic E-state index is -2.48. The van der Waals surface area contributed by atoms with Gasteiger partial charge in [-0.15, -0.1) is 0 Å². The summed E-state index contributed by atoms with van der Waals surface area (Å²) < 4.78 is 16.0. The van der Waals surface area contributed by atoms with Crippen LogP contribution >= 0.6 is 0 Å². The number of hydrogen-bond acceptors (Lipinski definition) is 5. The van der Waals surface area contributed by atoms with Gasteiger partial charge in [-0.05, 0) is 26.3 Å². The first kappa shape index (κ1) is 15.0. The van der Waals surface area contributed by atoms with Gasteiger partial charge in [-0.3, -0.25) is 0 Å². The Bertz CT molecular complexity index is 166. The third-order valence-corrected chi connectivity index (χ3v) is 5.38. The summed E-state index contributed by atoms with van der Waals surface area (Å²) in [5, 5.41) is 0. The van der Waals surface area contributed by atoms with E-state index in [1.54, 1.807) is 21.3 Å². The normalized spacial score (nSPS) is 16.4. The van der Waals surface area contributed by atoms with E-state index in [-0.39, 0.29) is 5.54 Å². The van der Waals surface area contributed by atoms with Gasteiger partial charge in [-0.2, -0.15) is 0 Å². The maximum Gasteiger partial charge on any atom is 0.500 e. The molecule has 0 spiro atoms. The van der Waals surface area contributed by atoms with E-state index in [4.69, 9.17) is 24.7 Å². The second-order valence-corrected chi connectivity index (χ2v) is 7.08. The van der Waals surface area contributed by atoms with Crippen molar-refractivity contribution in [2.45, 2.75) is 31.3 Å². The van der Waals surface area contributed by atoms with Crippen LogP contribution in [0, 0.1) is 0 Å². The van der Waals surface area contributed by atoms with Gasteiger partial charge in [0, 0.05) is 32.9 Å². The van der Waals surface area contributed by atoms with Crippen LogP contribution in [-0.2, 0) is 13.3 Å². The smallest absolute Gasteiger partial charge is 0.377 e. The van der Waals surface area contributed by atoms with Crippen molar-refractivity contribution in [3.63, 3.8) is 0 Å². The van der Waals surface area contributed by atoms with Gasteiger partial charge in [0.25, 0.3) is 0 Å². The van der Waals surface area contributed by atoms with Crippen LogP contribution in [0.5, 0.6) is 0 Å². The highest BCUT2D eigenvalue weighted by Crippen LogP contribution is 2.21. The van der Waals surface area contributed by atoms with E-state index in [0.29, 0.717) is 12.6 Å². The van der Waals surface area contributed by atoms with E-state index in [1.165, 1.54) is 0 Å². The fourth-order valence-electron chi connectivity index (χ4n) is 1.45. The Morgan fingerprint density at radius 3 is 1.87 bits per heavy atom. The molecule has 4 N–H and O–H groups in total. The summed E-state index contributed by atoms with van der Waals surface area (Å²) in [5.74, 6) is 0. The Hall–Kier alpha value is 0.0169. The highest BCUT2D eigenvalue weighted by Gasteiger charge is 2.39. The lowest BCUT2D eigenvalue weighted by Gasteiger charge is -2.29. The van der Waals surface area contributed by atoms with Crippen LogP contribution in [0.3, 0.4) is 0 Å². The van der Waals surface area contributed by atoms with Crippen molar-refractivity contribution in [1.82, 2.24) is 0 Å². The third-order valence-electron chi connectivity index (χ3n) is 2.65. The topological polar surface area (TPSA) is 79.7 Å². The van der Waals surface area contributed by atoms with Crippen molar-refractivity contribution in [1.29, 1.82) is 0 Å². The highest BCUT2D eigenvalue weighted by molar-refractivity contribution is 6.60. The van der Waals surface area contributed by atoms with Crippen LogP contribution in [0.2, 0.25) is 6.04 Å². The lowest BCUT2D eigenvalue weighted by atomic mass is 9.96. The van der Waals surface area contributed by atoms with E-state index < -0.39 is 8.80 Å². The van der Waals surface area contributed by atoms with Gasteiger partial charge in [0.05, 0.1) is 0 Å². The first-order valence-corrected chi connectivity index (χ1v) is 7.03. The average Bonchev–Trinajstić information content (AvgIpc) is 2.21. The fraction of sp³-hybridized carbons (Fsp3) is 1.00. The molecule has 1 atom stereocenters. The van der Waals surface area contributed by atoms with E-state index >= 15 is 0 Å². The monoisotopic (exact) mass is 236 g/mol. The molecule has 5 nitrogen and oxygen atoms in total. The minimum absolute atomic E-state index is 0.275. The Morgan fingerprint density at radius 2 is 1.53 bits per heavy atom. The van der Waals surface area contributed by atoms with E-state index in [2.05, 4.69) is 0 Å². The van der Waals surface area contributed by atoms with E-state index in [1.807, 2.05) is 6.92 Å². The molecule has 0 aliphatic rings. The van der Waals surface area contributed by atoms with Gasteiger partial charge in [0.15, 0.2) is 0 Å². The lowest BCUT2D eigenvalue weighted by Crippen LogP contribution is -2.47. The molecule has 6 heteroatoms. The summed E-state index contributed by atoms with van der Waals surface area (Å²) in [6.45, 7) is 2.58. The zero-order chi connectivity index (χ0) is 11.9. The molecule has 15 heavy (non-hydrogen) atoms. The summed E-state index contributed by atoms with van der Waals surface area (Å²) in [6, 6.07) is 0.712. The Kier molecular flexibility index (Phi) is 6.57. The Balaban J connectivity index is 4.20. The molecule has 0 saturated carbocycles. The zero-order valence-corrected chi connectivity index (χ0v) is 11.2. The largest absolute Gasteiger partial charge is 0.500 e. The molecule has 92 valence electrons. The molecule has 0 aliphatic heterocycles. The van der Waals surface area contributed by atoms with Crippen molar-refractivity contribution in [2.24, 2.45) is 11.5 Å². The highest BCUT2D eigenvalue weighted by atomic mass is 28.4. The van der Waals surface area contributed by atoms with Crippen molar-refractivity contribution in [2.75, 3.05) is 27.9 Å². The SMILES string of the molecule is CO[Si](CCC(C)(N)CCN)(OC)OC. The summed E-state index contributed by atoms with van der Waals surface area (Å²) >= 11 is 0. The summed E-state index contributed by atoms with van der Waals surface area (Å²) in [5.41, 5.74) is 11.3. The maximum absolute atomic E-state index is 6.07. The van der Waals surface area contributed by atoms with Crippen molar-refractivity contribution in [3.05, 3.63) is 0 Å². The molecular weight excluding hydrogens is 212 g/mol. The van der Waals surface area contributed by atoms with Gasteiger partial charge in [-0.1, -0.05) is 0 Å². The maximum atomic E-state index is 6.07. The van der Waals surface area contributed by atoms with Crippen LogP contribution < -0.4 is 11.5 Å². The van der Waals surface area contributed by atoms with Crippen LogP contribution in [-0.4, -0.2) is 42.2 Å². The minimum Gasteiger partial charge on any atom is -0.377 e. The molecule has 0 aromatic rings. The molecular formula is C9H24N2O3Si. The summed E-state index contributed by atoms with van der Waals surface area (Å²) in [4.78, 5) is 0. The van der Waals surface area contributed by atoms with Crippen LogP contribution in [0.15, 0.2) is 0 Å². The number of nitrogens with two attached hydrogens (primary N) is 2. The van der Waals surface area contributed by atoms with Crippen molar-refractivity contribution >= 4 is 8.80 Å². The lowest BCUT2D eigenvalue weighted by molar-refractivity contribution is 0.120. The standard InChI is InChI=1S/C9H24N2O3Si/c1-9(11,5-7-10)6-8-15(12-2,13-3)14-4/h5-8,10-11H2,1-4H3. The Morgan fingerprint density at radius 1 is 1.07 bits per heavy atom. The molecule has 0 aromatic heterocycles. The van der Waals surface area contributed by atoms with Gasteiger partial charge in [0.2, 0.25) is 0 Å². The first-order chi connectivity index (χ1) is 6.95. The number of rotatable bonds is 8. The van der Waals surface area contributed by atoms with Gasteiger partial charge < -0.3 is 24.7 Å². The van der Waals surface area contributed by atoms with Crippen LogP contribution in [0.4, 0.5) is 0 Å². The molecule has 0 rings (SSSR count). The van der Waals surface area contributed by atoms with E-state index in [0.717, 1.165) is 12.8 Å². The molecule has 0 amide bonds. The molecule has 0 radical (unpaired) electrons. The second-order valence-electron chi connectivity index (χ2n) is 3.99. The molecule has 0 aliphatic carbocycles. The molecule has 0 saturated heterocycles. The zero-order valence-electron chi connectivity index (χ0n) is 10.2. The number of hydrogen-bond donors (Lipinski definition) is 2. The Labute approximate surface area is 93.4 Å². The van der Waals surface area contributed by atoms with Gasteiger partial charge in [0.1, 0.15) is 0 Å². The molecule has 0 heterocycles.